The highest BCUT2D eigenvalue weighted by Gasteiger charge is 2.19. The van der Waals surface area contributed by atoms with Gasteiger partial charge in [0, 0.05) is 13.2 Å². The van der Waals surface area contributed by atoms with Crippen molar-refractivity contribution in [2.45, 2.75) is 11.4 Å². The van der Waals surface area contributed by atoms with Gasteiger partial charge in [-0.3, -0.25) is 0 Å². The van der Waals surface area contributed by atoms with Crippen molar-refractivity contribution in [2.24, 2.45) is 7.05 Å². The molecule has 0 unspecified atom stereocenters. The number of aryl methyl sites for hydroxylation is 1. The van der Waals surface area contributed by atoms with E-state index in [1.54, 1.807) is 29.9 Å². The lowest BCUT2D eigenvalue weighted by Gasteiger charge is -2.07. The number of halogens is 1. The van der Waals surface area contributed by atoms with Crippen LogP contribution in [0.2, 0.25) is 0 Å². The van der Waals surface area contributed by atoms with Crippen LogP contribution in [-0.4, -0.2) is 23.0 Å². The normalized spacial score (nSPS) is 11.9. The first kappa shape index (κ1) is 14.6. The van der Waals surface area contributed by atoms with Gasteiger partial charge in [-0.1, -0.05) is 12.1 Å². The molecule has 6 nitrogen and oxygen atoms in total. The molecule has 0 aliphatic rings. The van der Waals surface area contributed by atoms with Crippen LogP contribution in [0.4, 0.5) is 4.39 Å². The molecule has 0 saturated heterocycles. The summed E-state index contributed by atoms with van der Waals surface area (Å²) in [6, 6.07) is 8.77. The number of hydrogen-bond acceptors (Lipinski definition) is 4. The first-order valence-electron chi connectivity index (χ1n) is 6.49. The fourth-order valence-electron chi connectivity index (χ4n) is 2.13. The monoisotopic (exact) mass is 320 g/mol. The lowest BCUT2D eigenvalue weighted by atomic mass is 10.4. The second-order valence-electron chi connectivity index (χ2n) is 4.69. The Morgan fingerprint density at radius 2 is 2.00 bits per heavy atom. The largest absolute Gasteiger partial charge is 0.315 e. The molecule has 1 aromatic carbocycles. The molecule has 0 aliphatic carbocycles. The van der Waals surface area contributed by atoms with E-state index >= 15 is 0 Å². The molecule has 2 heterocycles. The van der Waals surface area contributed by atoms with Gasteiger partial charge in [-0.05, 0) is 24.3 Å². The number of sulfonamides is 1. The van der Waals surface area contributed by atoms with Crippen LogP contribution in [-0.2, 0) is 23.6 Å². The fraction of sp³-hybridized carbons (Fsp3) is 0.143. The summed E-state index contributed by atoms with van der Waals surface area (Å²) in [5.74, 6) is -0.296. The van der Waals surface area contributed by atoms with Crippen molar-refractivity contribution >= 4 is 21.2 Å². The van der Waals surface area contributed by atoms with Gasteiger partial charge in [0.15, 0.2) is 5.65 Å². The van der Waals surface area contributed by atoms with E-state index in [0.717, 1.165) is 6.07 Å². The van der Waals surface area contributed by atoms with Gasteiger partial charge in [0.05, 0.1) is 6.54 Å². The Balaban J connectivity index is 1.88. The summed E-state index contributed by atoms with van der Waals surface area (Å²) in [6.45, 7) is -0.0521. The molecule has 0 fully saturated rings. The number of nitrogens with zero attached hydrogens (tertiary/aromatic N) is 3. The van der Waals surface area contributed by atoms with E-state index < -0.39 is 15.8 Å². The SMILES string of the molecule is Cn1c(CNS(=O)(=O)c2ccccc2F)nc2cccnc21. The van der Waals surface area contributed by atoms with E-state index in [4.69, 9.17) is 0 Å². The van der Waals surface area contributed by atoms with E-state index in [1.165, 1.54) is 18.2 Å². The van der Waals surface area contributed by atoms with Gasteiger partial charge in [0.2, 0.25) is 10.0 Å². The summed E-state index contributed by atoms with van der Waals surface area (Å²) in [5, 5.41) is 0. The molecule has 0 amide bonds. The van der Waals surface area contributed by atoms with Crippen LogP contribution in [0.5, 0.6) is 0 Å². The van der Waals surface area contributed by atoms with Crippen LogP contribution in [0.15, 0.2) is 47.5 Å². The van der Waals surface area contributed by atoms with Crippen molar-refractivity contribution in [3.05, 3.63) is 54.2 Å². The maximum atomic E-state index is 13.6. The zero-order chi connectivity index (χ0) is 15.7. The van der Waals surface area contributed by atoms with Gasteiger partial charge < -0.3 is 4.57 Å². The molecule has 0 aliphatic heterocycles. The summed E-state index contributed by atoms with van der Waals surface area (Å²) >= 11 is 0. The molecule has 3 aromatic rings. The van der Waals surface area contributed by atoms with Gasteiger partial charge >= 0.3 is 0 Å². The first-order valence-corrected chi connectivity index (χ1v) is 7.98. The van der Waals surface area contributed by atoms with E-state index in [1.807, 2.05) is 0 Å². The molecule has 3 rings (SSSR count). The van der Waals surface area contributed by atoms with Crippen molar-refractivity contribution in [1.82, 2.24) is 19.3 Å². The summed E-state index contributed by atoms with van der Waals surface area (Å²) in [7, 11) is -2.20. The zero-order valence-electron chi connectivity index (χ0n) is 11.7. The quantitative estimate of drug-likeness (QED) is 0.792. The minimum Gasteiger partial charge on any atom is -0.315 e. The lowest BCUT2D eigenvalue weighted by molar-refractivity contribution is 0.554. The standard InChI is InChI=1S/C14H13FN4O2S/c1-19-13(18-11-6-4-8-16-14(11)19)9-17-22(20,21)12-7-3-2-5-10(12)15/h2-8,17H,9H2,1H3. The van der Waals surface area contributed by atoms with Crippen molar-refractivity contribution in [3.63, 3.8) is 0 Å². The molecule has 0 radical (unpaired) electrons. The van der Waals surface area contributed by atoms with E-state index in [2.05, 4.69) is 14.7 Å². The second-order valence-corrected chi connectivity index (χ2v) is 6.42. The molecular weight excluding hydrogens is 307 g/mol. The van der Waals surface area contributed by atoms with Crippen LogP contribution >= 0.6 is 0 Å². The molecule has 0 bridgehead atoms. The smallest absolute Gasteiger partial charge is 0.243 e. The minimum atomic E-state index is -3.94. The number of hydrogen-bond donors (Lipinski definition) is 1. The van der Waals surface area contributed by atoms with Crippen LogP contribution in [0.25, 0.3) is 11.2 Å². The average molecular weight is 320 g/mol. The van der Waals surface area contributed by atoms with E-state index in [9.17, 15) is 12.8 Å². The number of benzene rings is 1. The van der Waals surface area contributed by atoms with Gasteiger partial charge in [-0.25, -0.2) is 27.5 Å². The first-order chi connectivity index (χ1) is 10.5. The third kappa shape index (κ3) is 2.58. The van der Waals surface area contributed by atoms with Gasteiger partial charge in [-0.2, -0.15) is 0 Å². The topological polar surface area (TPSA) is 76.9 Å². The van der Waals surface area contributed by atoms with E-state index in [0.29, 0.717) is 17.0 Å². The highest BCUT2D eigenvalue weighted by Crippen LogP contribution is 2.15. The number of pyridine rings is 1. The lowest BCUT2D eigenvalue weighted by Crippen LogP contribution is -2.25. The molecule has 0 spiro atoms. The summed E-state index contributed by atoms with van der Waals surface area (Å²) in [4.78, 5) is 8.11. The third-order valence-electron chi connectivity index (χ3n) is 3.27. The Morgan fingerprint density at radius 1 is 1.23 bits per heavy atom. The number of rotatable bonds is 4. The predicted molar refractivity (Wildman–Crippen MR) is 78.9 cm³/mol. The number of nitrogens with one attached hydrogen (secondary N) is 1. The Hall–Kier alpha value is -2.32. The predicted octanol–water partition coefficient (Wildman–Crippen LogP) is 1.59. The molecule has 0 saturated carbocycles. The number of aromatic nitrogens is 3. The molecule has 22 heavy (non-hydrogen) atoms. The maximum Gasteiger partial charge on any atom is 0.243 e. The highest BCUT2D eigenvalue weighted by molar-refractivity contribution is 7.89. The Kier molecular flexibility index (Phi) is 3.63. The maximum absolute atomic E-state index is 13.6. The van der Waals surface area contributed by atoms with Gasteiger partial charge in [0.25, 0.3) is 0 Å². The summed E-state index contributed by atoms with van der Waals surface area (Å²) < 4.78 is 42.0. The molecule has 1 N–H and O–H groups in total. The number of imidazole rings is 1. The van der Waals surface area contributed by atoms with Crippen molar-refractivity contribution in [1.29, 1.82) is 0 Å². The van der Waals surface area contributed by atoms with E-state index in [-0.39, 0.29) is 11.4 Å². The summed E-state index contributed by atoms with van der Waals surface area (Å²) in [6.07, 6.45) is 1.64. The molecule has 8 heteroatoms. The summed E-state index contributed by atoms with van der Waals surface area (Å²) in [5.41, 5.74) is 1.33. The molecule has 2 aromatic heterocycles. The Morgan fingerprint density at radius 3 is 2.73 bits per heavy atom. The Labute approximate surface area is 126 Å². The average Bonchev–Trinajstić information content (AvgIpc) is 2.83. The highest BCUT2D eigenvalue weighted by atomic mass is 32.2. The molecular formula is C14H13FN4O2S. The van der Waals surface area contributed by atoms with Crippen LogP contribution < -0.4 is 4.72 Å². The van der Waals surface area contributed by atoms with Crippen LogP contribution in [0, 0.1) is 5.82 Å². The van der Waals surface area contributed by atoms with Gasteiger partial charge in [0.1, 0.15) is 22.1 Å². The Bertz CT molecular complexity index is 937. The van der Waals surface area contributed by atoms with Crippen molar-refractivity contribution in [2.75, 3.05) is 0 Å². The minimum absolute atomic E-state index is 0.0521. The van der Waals surface area contributed by atoms with Crippen LogP contribution in [0.3, 0.4) is 0 Å². The second kappa shape index (κ2) is 5.47. The third-order valence-corrected chi connectivity index (χ3v) is 4.70. The zero-order valence-corrected chi connectivity index (χ0v) is 12.5. The number of fused-ring (bicyclic) bond motifs is 1. The van der Waals surface area contributed by atoms with Gasteiger partial charge in [-0.15, -0.1) is 0 Å². The van der Waals surface area contributed by atoms with Crippen LogP contribution in [0.1, 0.15) is 5.82 Å². The molecule has 114 valence electrons. The molecule has 0 atom stereocenters. The van der Waals surface area contributed by atoms with Crippen molar-refractivity contribution < 1.29 is 12.8 Å². The fourth-order valence-corrected chi connectivity index (χ4v) is 3.19. The van der Waals surface area contributed by atoms with Crippen molar-refractivity contribution in [3.8, 4) is 0 Å².